The Hall–Kier alpha value is -1.88. The van der Waals surface area contributed by atoms with E-state index >= 15 is 0 Å². The summed E-state index contributed by atoms with van der Waals surface area (Å²) in [4.78, 5) is 8.23. The molecule has 2 aromatic rings. The van der Waals surface area contributed by atoms with E-state index < -0.39 is 0 Å². The molecule has 1 aromatic heterocycles. The van der Waals surface area contributed by atoms with Gasteiger partial charge < -0.3 is 15.6 Å². The van der Waals surface area contributed by atoms with E-state index in [1.807, 2.05) is 18.2 Å². The highest BCUT2D eigenvalue weighted by Gasteiger charge is 2.21. The van der Waals surface area contributed by atoms with Crippen LogP contribution in [-0.4, -0.2) is 27.3 Å². The Morgan fingerprint density at radius 3 is 2.79 bits per heavy atom. The van der Waals surface area contributed by atoms with Gasteiger partial charge in [-0.1, -0.05) is 12.1 Å². The summed E-state index contributed by atoms with van der Waals surface area (Å²) in [6.45, 7) is 0. The van der Waals surface area contributed by atoms with Gasteiger partial charge in [-0.2, -0.15) is 0 Å². The van der Waals surface area contributed by atoms with Crippen molar-refractivity contribution in [2.45, 2.75) is 37.9 Å². The number of nitrogen functional groups attached to an aromatic ring is 1. The van der Waals surface area contributed by atoms with Crippen molar-refractivity contribution in [2.24, 2.45) is 0 Å². The van der Waals surface area contributed by atoms with Crippen molar-refractivity contribution in [3.05, 3.63) is 24.4 Å². The van der Waals surface area contributed by atoms with Crippen LogP contribution in [0.2, 0.25) is 0 Å². The third-order valence-corrected chi connectivity index (χ3v) is 3.53. The molecule has 1 aliphatic rings. The Bertz CT molecular complexity index is 580. The Kier molecular flexibility index (Phi) is 3.21. The van der Waals surface area contributed by atoms with Gasteiger partial charge in [0.05, 0.1) is 12.2 Å². The van der Waals surface area contributed by atoms with Crippen molar-refractivity contribution < 1.29 is 9.84 Å². The standard InChI is InChI=1S/C14H17N3O2/c15-14-16-8-9-2-1-3-12(13(9)17-14)19-11-6-4-10(18)5-7-11/h1-3,8,10-11,18H,4-7H2,(H2,15,16,17). The van der Waals surface area contributed by atoms with Gasteiger partial charge in [0.2, 0.25) is 5.95 Å². The fourth-order valence-electron chi connectivity index (χ4n) is 2.48. The molecule has 3 rings (SSSR count). The highest BCUT2D eigenvalue weighted by Crippen LogP contribution is 2.28. The molecule has 5 heteroatoms. The van der Waals surface area contributed by atoms with Gasteiger partial charge in [-0.3, -0.25) is 0 Å². The van der Waals surface area contributed by atoms with Gasteiger partial charge in [0.1, 0.15) is 11.3 Å². The maximum Gasteiger partial charge on any atom is 0.220 e. The van der Waals surface area contributed by atoms with E-state index in [0.29, 0.717) is 0 Å². The molecule has 0 amide bonds. The van der Waals surface area contributed by atoms with Gasteiger partial charge >= 0.3 is 0 Å². The number of anilines is 1. The zero-order valence-corrected chi connectivity index (χ0v) is 10.6. The van der Waals surface area contributed by atoms with Crippen LogP contribution in [0, 0.1) is 0 Å². The van der Waals surface area contributed by atoms with Crippen LogP contribution in [0.5, 0.6) is 5.75 Å². The molecule has 0 saturated heterocycles. The zero-order valence-electron chi connectivity index (χ0n) is 10.6. The van der Waals surface area contributed by atoms with Crippen molar-refractivity contribution in [2.75, 3.05) is 5.73 Å². The van der Waals surface area contributed by atoms with Gasteiger partial charge in [0.25, 0.3) is 0 Å². The first-order valence-corrected chi connectivity index (χ1v) is 6.58. The summed E-state index contributed by atoms with van der Waals surface area (Å²) in [5.41, 5.74) is 6.38. The molecule has 1 heterocycles. The number of aromatic nitrogens is 2. The molecule has 1 fully saturated rings. The third-order valence-electron chi connectivity index (χ3n) is 3.53. The van der Waals surface area contributed by atoms with Crippen LogP contribution in [0.1, 0.15) is 25.7 Å². The Morgan fingerprint density at radius 2 is 2.00 bits per heavy atom. The second-order valence-electron chi connectivity index (χ2n) is 4.97. The molecule has 0 radical (unpaired) electrons. The van der Waals surface area contributed by atoms with Gasteiger partial charge in [-0.05, 0) is 31.7 Å². The smallest absolute Gasteiger partial charge is 0.220 e. The van der Waals surface area contributed by atoms with Gasteiger partial charge in [0, 0.05) is 11.6 Å². The second-order valence-corrected chi connectivity index (χ2v) is 4.97. The lowest BCUT2D eigenvalue weighted by Crippen LogP contribution is -2.26. The molecular weight excluding hydrogens is 242 g/mol. The summed E-state index contributed by atoms with van der Waals surface area (Å²) in [6.07, 6.45) is 5.01. The molecule has 0 unspecified atom stereocenters. The van der Waals surface area contributed by atoms with E-state index in [-0.39, 0.29) is 18.2 Å². The summed E-state index contributed by atoms with van der Waals surface area (Å²) in [6, 6.07) is 5.76. The highest BCUT2D eigenvalue weighted by atomic mass is 16.5. The lowest BCUT2D eigenvalue weighted by atomic mass is 9.95. The summed E-state index contributed by atoms with van der Waals surface area (Å²) >= 11 is 0. The zero-order chi connectivity index (χ0) is 13.2. The van der Waals surface area contributed by atoms with E-state index in [1.165, 1.54) is 0 Å². The molecule has 19 heavy (non-hydrogen) atoms. The van der Waals surface area contributed by atoms with Gasteiger partial charge in [-0.15, -0.1) is 0 Å². The van der Waals surface area contributed by atoms with Crippen LogP contribution < -0.4 is 10.5 Å². The van der Waals surface area contributed by atoms with Crippen molar-refractivity contribution in [3.8, 4) is 5.75 Å². The summed E-state index contributed by atoms with van der Waals surface area (Å²) in [5, 5.41) is 10.4. The maximum atomic E-state index is 9.51. The first-order chi connectivity index (χ1) is 9.22. The summed E-state index contributed by atoms with van der Waals surface area (Å²) < 4.78 is 6.01. The third kappa shape index (κ3) is 2.61. The largest absolute Gasteiger partial charge is 0.488 e. The number of aliphatic hydroxyl groups is 1. The fourth-order valence-corrected chi connectivity index (χ4v) is 2.48. The number of para-hydroxylation sites is 1. The molecule has 0 bridgehead atoms. The Morgan fingerprint density at radius 1 is 1.21 bits per heavy atom. The topological polar surface area (TPSA) is 81.3 Å². The minimum atomic E-state index is -0.176. The number of benzene rings is 1. The van der Waals surface area contributed by atoms with Crippen LogP contribution in [0.4, 0.5) is 5.95 Å². The normalized spacial score (nSPS) is 23.4. The molecule has 0 atom stereocenters. The highest BCUT2D eigenvalue weighted by molar-refractivity contribution is 5.84. The number of nitrogens with two attached hydrogens (primary N) is 1. The molecule has 1 saturated carbocycles. The van der Waals surface area contributed by atoms with Crippen molar-refractivity contribution in [1.82, 2.24) is 9.97 Å². The maximum absolute atomic E-state index is 9.51. The molecule has 0 spiro atoms. The van der Waals surface area contributed by atoms with Crippen molar-refractivity contribution in [3.63, 3.8) is 0 Å². The first kappa shape index (κ1) is 12.2. The van der Waals surface area contributed by atoms with Crippen LogP contribution in [0.15, 0.2) is 24.4 Å². The Balaban J connectivity index is 1.86. The van der Waals surface area contributed by atoms with Crippen LogP contribution >= 0.6 is 0 Å². The predicted molar refractivity (Wildman–Crippen MR) is 72.8 cm³/mol. The van der Waals surface area contributed by atoms with Crippen LogP contribution in [0.25, 0.3) is 10.9 Å². The fraction of sp³-hybridized carbons (Fsp3) is 0.429. The number of fused-ring (bicyclic) bond motifs is 1. The molecule has 5 nitrogen and oxygen atoms in total. The average molecular weight is 259 g/mol. The number of nitrogens with zero attached hydrogens (tertiary/aromatic N) is 2. The van der Waals surface area contributed by atoms with E-state index in [1.54, 1.807) is 6.20 Å². The average Bonchev–Trinajstić information content (AvgIpc) is 2.42. The quantitative estimate of drug-likeness (QED) is 0.860. The number of aliphatic hydroxyl groups excluding tert-OH is 1. The second kappa shape index (κ2) is 5.01. The Labute approximate surface area is 111 Å². The summed E-state index contributed by atoms with van der Waals surface area (Å²) in [5.74, 6) is 0.996. The SMILES string of the molecule is Nc1ncc2cccc(OC3CCC(O)CC3)c2n1. The van der Waals surface area contributed by atoms with Gasteiger partial charge in [-0.25, -0.2) is 9.97 Å². The molecule has 1 aromatic carbocycles. The molecule has 3 N–H and O–H groups in total. The summed E-state index contributed by atoms with van der Waals surface area (Å²) in [7, 11) is 0. The predicted octanol–water partition coefficient (Wildman–Crippen LogP) is 1.89. The minimum Gasteiger partial charge on any atom is -0.488 e. The number of ether oxygens (including phenoxy) is 1. The van der Waals surface area contributed by atoms with E-state index in [0.717, 1.165) is 42.3 Å². The number of rotatable bonds is 2. The molecule has 1 aliphatic carbocycles. The van der Waals surface area contributed by atoms with Crippen molar-refractivity contribution >= 4 is 16.9 Å². The van der Waals surface area contributed by atoms with E-state index in [2.05, 4.69) is 9.97 Å². The van der Waals surface area contributed by atoms with Crippen LogP contribution in [-0.2, 0) is 0 Å². The van der Waals surface area contributed by atoms with Crippen LogP contribution in [0.3, 0.4) is 0 Å². The molecule has 0 aliphatic heterocycles. The van der Waals surface area contributed by atoms with Crippen molar-refractivity contribution in [1.29, 1.82) is 0 Å². The lowest BCUT2D eigenvalue weighted by Gasteiger charge is -2.26. The monoisotopic (exact) mass is 259 g/mol. The lowest BCUT2D eigenvalue weighted by molar-refractivity contribution is 0.0672. The number of hydrogen-bond acceptors (Lipinski definition) is 5. The first-order valence-electron chi connectivity index (χ1n) is 6.58. The van der Waals surface area contributed by atoms with E-state index in [4.69, 9.17) is 10.5 Å². The van der Waals surface area contributed by atoms with Gasteiger partial charge in [0.15, 0.2) is 0 Å². The molecular formula is C14H17N3O2. The minimum absolute atomic E-state index is 0.144. The number of hydrogen-bond donors (Lipinski definition) is 2. The molecule has 100 valence electrons. The van der Waals surface area contributed by atoms with E-state index in [9.17, 15) is 5.11 Å².